The van der Waals surface area contributed by atoms with Gasteiger partial charge in [-0.25, -0.2) is 0 Å². The van der Waals surface area contributed by atoms with E-state index in [1.807, 2.05) is 0 Å². The number of allylic oxidation sites excluding steroid dienone is 8. The SMILES string of the molecule is CCCN1CCCC/C=C\C/C=C\C/C=C\C/C=C\CCCC1=O. The van der Waals surface area contributed by atoms with Gasteiger partial charge < -0.3 is 4.90 Å². The van der Waals surface area contributed by atoms with Gasteiger partial charge in [0, 0.05) is 19.5 Å². The van der Waals surface area contributed by atoms with Gasteiger partial charge in [0.15, 0.2) is 0 Å². The summed E-state index contributed by atoms with van der Waals surface area (Å²) in [6, 6.07) is 0. The van der Waals surface area contributed by atoms with Crippen molar-refractivity contribution in [3.05, 3.63) is 48.6 Å². The van der Waals surface area contributed by atoms with Crippen molar-refractivity contribution in [3.63, 3.8) is 0 Å². The molecule has 0 fully saturated rings. The second-order valence-electron chi connectivity index (χ2n) is 6.36. The van der Waals surface area contributed by atoms with Gasteiger partial charge >= 0.3 is 0 Å². The van der Waals surface area contributed by atoms with Crippen molar-refractivity contribution in [1.29, 1.82) is 0 Å². The molecule has 1 aliphatic rings. The molecule has 0 saturated heterocycles. The summed E-state index contributed by atoms with van der Waals surface area (Å²) in [5.74, 6) is 0.334. The van der Waals surface area contributed by atoms with E-state index in [0.29, 0.717) is 12.3 Å². The number of carbonyl (C=O) groups is 1. The molecule has 0 N–H and O–H groups in total. The van der Waals surface area contributed by atoms with Crippen LogP contribution < -0.4 is 0 Å². The Morgan fingerprint density at radius 3 is 1.92 bits per heavy atom. The molecule has 0 saturated carbocycles. The van der Waals surface area contributed by atoms with Gasteiger partial charge in [-0.2, -0.15) is 0 Å². The van der Waals surface area contributed by atoms with Crippen LogP contribution in [0.1, 0.15) is 71.1 Å². The molecule has 0 aliphatic carbocycles. The smallest absolute Gasteiger partial charge is 0.222 e. The fourth-order valence-electron chi connectivity index (χ4n) is 2.77. The van der Waals surface area contributed by atoms with E-state index in [4.69, 9.17) is 0 Å². The number of amides is 1. The summed E-state index contributed by atoms with van der Waals surface area (Å²) in [5.41, 5.74) is 0. The first-order valence-corrected chi connectivity index (χ1v) is 9.72. The standard InChI is InChI=1S/C22H35NO/c1-2-20-23-21-18-16-14-12-10-8-6-4-3-5-7-9-11-13-15-17-19-22(23)24/h4-7,10-13H,2-3,8-9,14-21H2,1H3/b6-4-,7-5-,12-10-,13-11-. The molecule has 1 aliphatic heterocycles. The molecule has 0 radical (unpaired) electrons. The second-order valence-corrected chi connectivity index (χ2v) is 6.36. The van der Waals surface area contributed by atoms with Gasteiger partial charge in [0.2, 0.25) is 5.91 Å². The Morgan fingerprint density at radius 2 is 1.33 bits per heavy atom. The molecule has 2 heteroatoms. The molecule has 1 heterocycles. The number of rotatable bonds is 2. The highest BCUT2D eigenvalue weighted by atomic mass is 16.2. The first kappa shape index (κ1) is 20.5. The van der Waals surface area contributed by atoms with Crippen LogP contribution in [0.4, 0.5) is 0 Å². The zero-order valence-electron chi connectivity index (χ0n) is 15.5. The number of carbonyl (C=O) groups excluding carboxylic acids is 1. The minimum absolute atomic E-state index is 0.334. The average molecular weight is 330 g/mol. The van der Waals surface area contributed by atoms with Crippen LogP contribution in [0.15, 0.2) is 48.6 Å². The Labute approximate surface area is 149 Å². The molecule has 24 heavy (non-hydrogen) atoms. The van der Waals surface area contributed by atoms with Gasteiger partial charge in [0.25, 0.3) is 0 Å². The van der Waals surface area contributed by atoms with Crippen molar-refractivity contribution < 1.29 is 4.79 Å². The number of hydrogen-bond donors (Lipinski definition) is 0. The predicted octanol–water partition coefficient (Wildman–Crippen LogP) is 5.97. The molecule has 0 aromatic carbocycles. The molecule has 0 bridgehead atoms. The highest BCUT2D eigenvalue weighted by molar-refractivity contribution is 5.76. The minimum atomic E-state index is 0.334. The third-order valence-electron chi connectivity index (χ3n) is 4.14. The molecular weight excluding hydrogens is 294 g/mol. The van der Waals surface area contributed by atoms with Gasteiger partial charge in [0.1, 0.15) is 0 Å². The third kappa shape index (κ3) is 11.0. The van der Waals surface area contributed by atoms with Crippen molar-refractivity contribution in [2.45, 2.75) is 71.1 Å². The second kappa shape index (κ2) is 15.0. The van der Waals surface area contributed by atoms with Crippen LogP contribution in [0.5, 0.6) is 0 Å². The summed E-state index contributed by atoms with van der Waals surface area (Å²) >= 11 is 0. The van der Waals surface area contributed by atoms with Crippen molar-refractivity contribution in [3.8, 4) is 0 Å². The molecule has 0 spiro atoms. The lowest BCUT2D eigenvalue weighted by Gasteiger charge is -2.22. The highest BCUT2D eigenvalue weighted by Crippen LogP contribution is 2.07. The van der Waals surface area contributed by atoms with Gasteiger partial charge in [-0.3, -0.25) is 4.79 Å². The van der Waals surface area contributed by atoms with Crippen LogP contribution in [-0.2, 0) is 4.79 Å². The highest BCUT2D eigenvalue weighted by Gasteiger charge is 2.11. The van der Waals surface area contributed by atoms with E-state index in [0.717, 1.165) is 64.5 Å². The lowest BCUT2D eigenvalue weighted by molar-refractivity contribution is -0.131. The van der Waals surface area contributed by atoms with Gasteiger partial charge in [-0.1, -0.05) is 55.5 Å². The van der Waals surface area contributed by atoms with Crippen LogP contribution >= 0.6 is 0 Å². The van der Waals surface area contributed by atoms with Gasteiger partial charge in [-0.15, -0.1) is 0 Å². The van der Waals surface area contributed by atoms with E-state index in [1.165, 1.54) is 6.42 Å². The molecule has 0 aromatic heterocycles. The fraction of sp³-hybridized carbons (Fsp3) is 0.591. The summed E-state index contributed by atoms with van der Waals surface area (Å²) < 4.78 is 0. The lowest BCUT2D eigenvalue weighted by Crippen LogP contribution is -2.32. The maximum atomic E-state index is 12.4. The molecule has 0 unspecified atom stereocenters. The van der Waals surface area contributed by atoms with Crippen molar-refractivity contribution in [2.24, 2.45) is 0 Å². The van der Waals surface area contributed by atoms with Crippen LogP contribution in [0.3, 0.4) is 0 Å². The predicted molar refractivity (Wildman–Crippen MR) is 105 cm³/mol. The van der Waals surface area contributed by atoms with Gasteiger partial charge in [-0.05, 0) is 57.8 Å². The third-order valence-corrected chi connectivity index (χ3v) is 4.14. The zero-order chi connectivity index (χ0) is 17.3. The quantitative estimate of drug-likeness (QED) is 0.571. The maximum absolute atomic E-state index is 12.4. The summed E-state index contributed by atoms with van der Waals surface area (Å²) in [5, 5.41) is 0. The van der Waals surface area contributed by atoms with Crippen LogP contribution in [0.25, 0.3) is 0 Å². The van der Waals surface area contributed by atoms with E-state index in [9.17, 15) is 4.79 Å². The number of hydrogen-bond acceptors (Lipinski definition) is 1. The minimum Gasteiger partial charge on any atom is -0.343 e. The monoisotopic (exact) mass is 329 g/mol. The fourth-order valence-corrected chi connectivity index (χ4v) is 2.77. The Morgan fingerprint density at radius 1 is 0.792 bits per heavy atom. The summed E-state index contributed by atoms with van der Waals surface area (Å²) in [4.78, 5) is 14.4. The lowest BCUT2D eigenvalue weighted by atomic mass is 10.1. The van der Waals surface area contributed by atoms with Crippen LogP contribution in [0.2, 0.25) is 0 Å². The van der Waals surface area contributed by atoms with E-state index < -0.39 is 0 Å². The molecule has 1 rings (SSSR count). The first-order valence-electron chi connectivity index (χ1n) is 9.72. The van der Waals surface area contributed by atoms with Crippen molar-refractivity contribution >= 4 is 5.91 Å². The maximum Gasteiger partial charge on any atom is 0.222 e. The van der Waals surface area contributed by atoms with Gasteiger partial charge in [0.05, 0.1) is 0 Å². The van der Waals surface area contributed by atoms with E-state index >= 15 is 0 Å². The Hall–Kier alpha value is -1.57. The Balaban J connectivity index is 2.49. The van der Waals surface area contributed by atoms with Crippen LogP contribution in [0, 0.1) is 0 Å². The van der Waals surface area contributed by atoms with Crippen molar-refractivity contribution in [2.75, 3.05) is 13.1 Å². The molecule has 1 amide bonds. The summed E-state index contributed by atoms with van der Waals surface area (Å²) in [6.45, 7) is 3.97. The first-order chi connectivity index (χ1) is 11.8. The summed E-state index contributed by atoms with van der Waals surface area (Å²) in [7, 11) is 0. The summed E-state index contributed by atoms with van der Waals surface area (Å²) in [6.07, 6.45) is 27.9. The van der Waals surface area contributed by atoms with E-state index in [2.05, 4.69) is 60.4 Å². The number of nitrogens with zero attached hydrogens (tertiary/aromatic N) is 1. The molecule has 134 valence electrons. The Bertz CT molecular complexity index is 431. The topological polar surface area (TPSA) is 20.3 Å². The Kier molecular flexibility index (Phi) is 12.8. The zero-order valence-corrected chi connectivity index (χ0v) is 15.5. The van der Waals surface area contributed by atoms with E-state index in [-0.39, 0.29) is 0 Å². The molecule has 0 aromatic rings. The normalized spacial score (nSPS) is 24.9. The van der Waals surface area contributed by atoms with E-state index in [1.54, 1.807) is 0 Å². The van der Waals surface area contributed by atoms with Crippen molar-refractivity contribution in [1.82, 2.24) is 4.90 Å². The van der Waals surface area contributed by atoms with Crippen LogP contribution in [-0.4, -0.2) is 23.9 Å². The molecule has 0 atom stereocenters. The average Bonchev–Trinajstić information content (AvgIpc) is 2.58. The molecule has 2 nitrogen and oxygen atoms in total. The largest absolute Gasteiger partial charge is 0.343 e. The molecular formula is C22H35NO.